The van der Waals surface area contributed by atoms with Crippen molar-refractivity contribution in [1.29, 1.82) is 0 Å². The normalized spacial score (nSPS) is 16.1. The van der Waals surface area contributed by atoms with E-state index in [1.807, 2.05) is 6.92 Å². The summed E-state index contributed by atoms with van der Waals surface area (Å²) in [6.45, 7) is 3.58. The van der Waals surface area contributed by atoms with Gasteiger partial charge in [-0.2, -0.15) is 0 Å². The number of nitrogens with one attached hydrogen (secondary N) is 1. The maximum atomic E-state index is 13.7. The molecule has 8 heteroatoms. The van der Waals surface area contributed by atoms with Gasteiger partial charge in [-0.25, -0.2) is 8.78 Å². The Hall–Kier alpha value is -2.09. The highest BCUT2D eigenvalue weighted by molar-refractivity contribution is 5.45. The number of rotatable bonds is 5. The molecular weight excluding hydrogens is 367 g/mol. The zero-order chi connectivity index (χ0) is 19.6. The Labute approximate surface area is 154 Å². The maximum absolute atomic E-state index is 13.7. The first-order valence-corrected chi connectivity index (χ1v) is 8.89. The predicted octanol–water partition coefficient (Wildman–Crippen LogP) is 5.34. The number of piperidine rings is 1. The SMILES string of the molecule is CCc1c(C2CCNCC2)cc(C(F)F)n1-c1ccc(OC(F)(F)F)cc1. The van der Waals surface area contributed by atoms with Crippen LogP contribution in [0.1, 0.15) is 49.1 Å². The van der Waals surface area contributed by atoms with Crippen LogP contribution in [-0.4, -0.2) is 24.0 Å². The molecule has 1 aromatic heterocycles. The first-order chi connectivity index (χ1) is 12.8. The fraction of sp³-hybridized carbons (Fsp3) is 0.474. The molecule has 0 spiro atoms. The average Bonchev–Trinajstić information content (AvgIpc) is 3.01. The minimum atomic E-state index is -4.79. The van der Waals surface area contributed by atoms with Crippen LogP contribution in [0.4, 0.5) is 22.0 Å². The highest BCUT2D eigenvalue weighted by Gasteiger charge is 2.31. The molecule has 1 aliphatic rings. The van der Waals surface area contributed by atoms with Crippen LogP contribution in [0.3, 0.4) is 0 Å². The number of hydrogen-bond donors (Lipinski definition) is 1. The molecule has 27 heavy (non-hydrogen) atoms. The predicted molar refractivity (Wildman–Crippen MR) is 91.6 cm³/mol. The molecule has 148 valence electrons. The molecule has 1 aromatic carbocycles. The molecule has 1 N–H and O–H groups in total. The van der Waals surface area contributed by atoms with Crippen molar-refractivity contribution in [2.75, 3.05) is 13.1 Å². The molecule has 0 amide bonds. The van der Waals surface area contributed by atoms with E-state index in [9.17, 15) is 22.0 Å². The van der Waals surface area contributed by atoms with Crippen LogP contribution in [0.2, 0.25) is 0 Å². The third-order valence-corrected chi connectivity index (χ3v) is 4.83. The van der Waals surface area contributed by atoms with E-state index in [0.29, 0.717) is 12.1 Å². The smallest absolute Gasteiger partial charge is 0.406 e. The Balaban J connectivity index is 2.01. The van der Waals surface area contributed by atoms with Gasteiger partial charge < -0.3 is 14.6 Å². The van der Waals surface area contributed by atoms with Gasteiger partial charge in [-0.3, -0.25) is 0 Å². The first-order valence-electron chi connectivity index (χ1n) is 8.89. The summed E-state index contributed by atoms with van der Waals surface area (Å²) in [6.07, 6.45) is -5.18. The van der Waals surface area contributed by atoms with Crippen molar-refractivity contribution in [2.24, 2.45) is 0 Å². The zero-order valence-corrected chi connectivity index (χ0v) is 14.8. The molecule has 0 bridgehead atoms. The van der Waals surface area contributed by atoms with Crippen LogP contribution >= 0.6 is 0 Å². The fourth-order valence-corrected chi connectivity index (χ4v) is 3.70. The molecule has 2 heterocycles. The van der Waals surface area contributed by atoms with Crippen LogP contribution < -0.4 is 10.1 Å². The van der Waals surface area contributed by atoms with E-state index in [0.717, 1.165) is 49.3 Å². The molecule has 0 unspecified atom stereocenters. The monoisotopic (exact) mass is 388 g/mol. The summed E-state index contributed by atoms with van der Waals surface area (Å²) < 4.78 is 69.7. The molecule has 2 aromatic rings. The molecule has 1 aliphatic heterocycles. The van der Waals surface area contributed by atoms with E-state index in [-0.39, 0.29) is 17.4 Å². The summed E-state index contributed by atoms with van der Waals surface area (Å²) in [5.41, 5.74) is 1.95. The van der Waals surface area contributed by atoms with E-state index >= 15 is 0 Å². The molecular formula is C19H21F5N2O. The lowest BCUT2D eigenvalue weighted by atomic mass is 9.89. The topological polar surface area (TPSA) is 26.2 Å². The van der Waals surface area contributed by atoms with Gasteiger partial charge in [-0.1, -0.05) is 6.92 Å². The second-order valence-electron chi connectivity index (χ2n) is 6.53. The number of hydrogen-bond acceptors (Lipinski definition) is 2. The lowest BCUT2D eigenvalue weighted by Gasteiger charge is -2.23. The van der Waals surface area contributed by atoms with Crippen LogP contribution in [0.25, 0.3) is 5.69 Å². The molecule has 1 fully saturated rings. The van der Waals surface area contributed by atoms with Gasteiger partial charge in [-0.15, -0.1) is 13.2 Å². The van der Waals surface area contributed by atoms with E-state index < -0.39 is 12.8 Å². The summed E-state index contributed by atoms with van der Waals surface area (Å²) in [7, 11) is 0. The number of ether oxygens (including phenoxy) is 1. The highest BCUT2D eigenvalue weighted by atomic mass is 19.4. The molecule has 0 saturated carbocycles. The Morgan fingerprint density at radius 3 is 2.30 bits per heavy atom. The molecule has 0 atom stereocenters. The van der Waals surface area contributed by atoms with Gasteiger partial charge in [0.15, 0.2) is 0 Å². The third-order valence-electron chi connectivity index (χ3n) is 4.83. The summed E-state index contributed by atoms with van der Waals surface area (Å²) in [6, 6.07) is 6.58. The molecule has 1 saturated heterocycles. The van der Waals surface area contributed by atoms with E-state index in [1.165, 1.54) is 16.7 Å². The third kappa shape index (κ3) is 4.43. The Bertz CT molecular complexity index is 762. The molecule has 3 nitrogen and oxygen atoms in total. The molecule has 3 rings (SSSR count). The summed E-state index contributed by atoms with van der Waals surface area (Å²) in [5, 5.41) is 3.26. The van der Waals surface area contributed by atoms with Gasteiger partial charge in [0.1, 0.15) is 5.75 Å². The second-order valence-corrected chi connectivity index (χ2v) is 6.53. The van der Waals surface area contributed by atoms with Crippen molar-refractivity contribution < 1.29 is 26.7 Å². The van der Waals surface area contributed by atoms with Gasteiger partial charge in [0.05, 0.1) is 5.69 Å². The Morgan fingerprint density at radius 2 is 1.78 bits per heavy atom. The van der Waals surface area contributed by atoms with Crippen molar-refractivity contribution in [3.05, 3.63) is 47.3 Å². The van der Waals surface area contributed by atoms with Crippen molar-refractivity contribution in [3.63, 3.8) is 0 Å². The standard InChI is InChI=1S/C19H21F5N2O/c1-2-16-15(12-7-9-25-10-8-12)11-17(18(20)21)26(16)13-3-5-14(6-4-13)27-19(22,23)24/h3-6,11-12,18,25H,2,7-10H2,1H3. The van der Waals surface area contributed by atoms with Crippen LogP contribution in [0, 0.1) is 0 Å². The number of benzene rings is 1. The summed E-state index contributed by atoms with van der Waals surface area (Å²) >= 11 is 0. The molecule has 0 aliphatic carbocycles. The van der Waals surface area contributed by atoms with Crippen molar-refractivity contribution in [1.82, 2.24) is 9.88 Å². The lowest BCUT2D eigenvalue weighted by Crippen LogP contribution is -2.27. The minimum absolute atomic E-state index is 0.134. The van der Waals surface area contributed by atoms with Gasteiger partial charge in [-0.05, 0) is 74.2 Å². The van der Waals surface area contributed by atoms with Crippen molar-refractivity contribution in [3.8, 4) is 11.4 Å². The van der Waals surface area contributed by atoms with Gasteiger partial charge in [0, 0.05) is 11.4 Å². The number of alkyl halides is 5. The van der Waals surface area contributed by atoms with E-state index in [4.69, 9.17) is 0 Å². The molecule has 0 radical (unpaired) electrons. The van der Waals surface area contributed by atoms with E-state index in [2.05, 4.69) is 10.1 Å². The van der Waals surface area contributed by atoms with Crippen molar-refractivity contribution >= 4 is 0 Å². The van der Waals surface area contributed by atoms with Crippen LogP contribution in [0.5, 0.6) is 5.75 Å². The summed E-state index contributed by atoms with van der Waals surface area (Å²) in [4.78, 5) is 0. The van der Waals surface area contributed by atoms with Crippen LogP contribution in [-0.2, 0) is 6.42 Å². The van der Waals surface area contributed by atoms with Crippen molar-refractivity contribution in [2.45, 2.75) is 44.9 Å². The Morgan fingerprint density at radius 1 is 1.15 bits per heavy atom. The maximum Gasteiger partial charge on any atom is 0.573 e. The summed E-state index contributed by atoms with van der Waals surface area (Å²) in [5.74, 6) is -0.179. The lowest BCUT2D eigenvalue weighted by molar-refractivity contribution is -0.274. The first kappa shape index (κ1) is 19.7. The second kappa shape index (κ2) is 7.88. The fourth-order valence-electron chi connectivity index (χ4n) is 3.70. The Kier molecular flexibility index (Phi) is 5.74. The zero-order valence-electron chi connectivity index (χ0n) is 14.8. The highest BCUT2D eigenvalue weighted by Crippen LogP contribution is 2.36. The van der Waals surface area contributed by atoms with Gasteiger partial charge >= 0.3 is 6.36 Å². The number of halogens is 5. The largest absolute Gasteiger partial charge is 0.573 e. The minimum Gasteiger partial charge on any atom is -0.406 e. The average molecular weight is 388 g/mol. The number of aromatic nitrogens is 1. The quantitative estimate of drug-likeness (QED) is 0.700. The van der Waals surface area contributed by atoms with Crippen LogP contribution in [0.15, 0.2) is 30.3 Å². The number of nitrogens with zero attached hydrogens (tertiary/aromatic N) is 1. The van der Waals surface area contributed by atoms with E-state index in [1.54, 1.807) is 6.07 Å². The van der Waals surface area contributed by atoms with Gasteiger partial charge in [0.25, 0.3) is 6.43 Å². The van der Waals surface area contributed by atoms with Gasteiger partial charge in [0.2, 0.25) is 0 Å².